The molecule has 0 aliphatic heterocycles. The van der Waals surface area contributed by atoms with Crippen LogP contribution in [0.2, 0.25) is 0 Å². The Morgan fingerprint density at radius 2 is 2.21 bits per heavy atom. The molecule has 1 heterocycles. The Kier molecular flexibility index (Phi) is 4.50. The van der Waals surface area contributed by atoms with Crippen LogP contribution < -0.4 is 11.2 Å². The summed E-state index contributed by atoms with van der Waals surface area (Å²) in [6.45, 7) is 1.71. The lowest BCUT2D eigenvalue weighted by atomic mass is 10.0. The van der Waals surface area contributed by atoms with Gasteiger partial charge in [0.15, 0.2) is 5.13 Å². The maximum absolute atomic E-state index is 12.1. The highest BCUT2D eigenvalue weighted by Crippen LogP contribution is 2.28. The second kappa shape index (κ2) is 6.58. The summed E-state index contributed by atoms with van der Waals surface area (Å²) in [5.41, 5.74) is 9.10. The Morgan fingerprint density at radius 1 is 1.42 bits per heavy atom. The Morgan fingerprint density at radius 3 is 2.92 bits per heavy atom. The molecule has 0 radical (unpaired) electrons. The Bertz CT molecular complexity index is 968. The average Bonchev–Trinajstić information content (AvgIpc) is 2.88. The minimum Gasteiger partial charge on any atom is -0.507 e. The van der Waals surface area contributed by atoms with E-state index in [1.165, 1.54) is 6.21 Å². The van der Waals surface area contributed by atoms with E-state index >= 15 is 0 Å². The molecule has 0 fully saturated rings. The first-order valence-electron chi connectivity index (χ1n) is 6.93. The van der Waals surface area contributed by atoms with Gasteiger partial charge in [-0.3, -0.25) is 4.79 Å². The zero-order valence-electron chi connectivity index (χ0n) is 12.6. The number of aryl methyl sites for hydroxylation is 1. The monoisotopic (exact) mass is 404 g/mol. The van der Waals surface area contributed by atoms with Gasteiger partial charge >= 0.3 is 0 Å². The lowest BCUT2D eigenvalue weighted by molar-refractivity contribution is 0.0958. The Labute approximate surface area is 150 Å². The zero-order valence-corrected chi connectivity index (χ0v) is 15.0. The molecule has 0 aliphatic carbocycles. The highest BCUT2D eigenvalue weighted by Gasteiger charge is 2.13. The molecule has 0 spiro atoms. The van der Waals surface area contributed by atoms with Crippen molar-refractivity contribution < 1.29 is 9.90 Å². The van der Waals surface area contributed by atoms with E-state index < -0.39 is 0 Å². The average molecular weight is 405 g/mol. The summed E-state index contributed by atoms with van der Waals surface area (Å²) in [7, 11) is 0. The number of aromatic hydroxyl groups is 1. The first-order valence-corrected chi connectivity index (χ1v) is 8.54. The van der Waals surface area contributed by atoms with Crippen molar-refractivity contribution >= 4 is 55.3 Å². The van der Waals surface area contributed by atoms with Crippen LogP contribution in [-0.2, 0) is 0 Å². The highest BCUT2D eigenvalue weighted by molar-refractivity contribution is 9.10. The van der Waals surface area contributed by atoms with Crippen LogP contribution in [0, 0.1) is 6.92 Å². The standard InChI is InChI=1S/C16H13BrN4O2S/c1-8-14(24-16(18)20-8)15(23)21-19-7-12-11-4-3-10(17)6-9(11)2-5-13(12)22/h2-7,22H,1H3,(H2,18,20)(H,21,23)/b19-7-. The number of aromatic nitrogens is 1. The van der Waals surface area contributed by atoms with Gasteiger partial charge in [0, 0.05) is 10.0 Å². The first kappa shape index (κ1) is 16.4. The van der Waals surface area contributed by atoms with E-state index in [-0.39, 0.29) is 11.7 Å². The number of anilines is 1. The van der Waals surface area contributed by atoms with Crippen LogP contribution >= 0.6 is 27.3 Å². The summed E-state index contributed by atoms with van der Waals surface area (Å²) in [6.07, 6.45) is 1.42. The van der Waals surface area contributed by atoms with E-state index in [9.17, 15) is 9.90 Å². The fourth-order valence-electron chi connectivity index (χ4n) is 2.28. The van der Waals surface area contributed by atoms with Crippen LogP contribution in [0.15, 0.2) is 39.9 Å². The number of halogens is 1. The van der Waals surface area contributed by atoms with Crippen LogP contribution in [0.25, 0.3) is 10.8 Å². The van der Waals surface area contributed by atoms with Gasteiger partial charge in [0.2, 0.25) is 0 Å². The Hall–Kier alpha value is -2.45. The molecular formula is C16H13BrN4O2S. The molecule has 0 saturated heterocycles. The maximum atomic E-state index is 12.1. The molecule has 0 atom stereocenters. The van der Waals surface area contributed by atoms with Gasteiger partial charge in [-0.1, -0.05) is 39.4 Å². The molecular weight excluding hydrogens is 392 g/mol. The van der Waals surface area contributed by atoms with Crippen molar-refractivity contribution in [2.75, 3.05) is 5.73 Å². The predicted molar refractivity (Wildman–Crippen MR) is 99.6 cm³/mol. The predicted octanol–water partition coefficient (Wildman–Crippen LogP) is 3.42. The fraction of sp³-hybridized carbons (Fsp3) is 0.0625. The summed E-state index contributed by atoms with van der Waals surface area (Å²) in [4.78, 5) is 16.5. The van der Waals surface area contributed by atoms with Gasteiger partial charge in [-0.2, -0.15) is 5.10 Å². The third-order valence-corrected chi connectivity index (χ3v) is 4.86. The van der Waals surface area contributed by atoms with Crippen molar-refractivity contribution in [3.05, 3.63) is 50.9 Å². The second-order valence-corrected chi connectivity index (χ2v) is 6.98. The summed E-state index contributed by atoms with van der Waals surface area (Å²) < 4.78 is 0.940. The molecule has 122 valence electrons. The smallest absolute Gasteiger partial charge is 0.283 e. The first-order chi connectivity index (χ1) is 11.5. The number of hydrogen-bond acceptors (Lipinski definition) is 6. The quantitative estimate of drug-likeness (QED) is 0.459. The van der Waals surface area contributed by atoms with E-state index in [0.29, 0.717) is 21.3 Å². The second-order valence-electron chi connectivity index (χ2n) is 5.03. The fourth-order valence-corrected chi connectivity index (χ4v) is 3.39. The number of nitrogen functional groups attached to an aromatic ring is 1. The van der Waals surface area contributed by atoms with E-state index in [1.807, 2.05) is 24.3 Å². The summed E-state index contributed by atoms with van der Waals surface area (Å²) in [5, 5.41) is 16.1. The van der Waals surface area contributed by atoms with Gasteiger partial charge in [0.25, 0.3) is 5.91 Å². The van der Waals surface area contributed by atoms with E-state index in [2.05, 4.69) is 31.4 Å². The lowest BCUT2D eigenvalue weighted by Gasteiger charge is -2.05. The van der Waals surface area contributed by atoms with Crippen LogP contribution in [0.3, 0.4) is 0 Å². The van der Waals surface area contributed by atoms with E-state index in [4.69, 9.17) is 5.73 Å². The maximum Gasteiger partial charge on any atom is 0.283 e. The molecule has 4 N–H and O–H groups in total. The molecule has 8 heteroatoms. The number of nitrogens with two attached hydrogens (primary N) is 1. The molecule has 1 aromatic heterocycles. The molecule has 24 heavy (non-hydrogen) atoms. The van der Waals surface area contributed by atoms with Gasteiger partial charge in [0.1, 0.15) is 10.6 Å². The van der Waals surface area contributed by atoms with E-state index in [1.54, 1.807) is 13.0 Å². The molecule has 2 aromatic carbocycles. The Balaban J connectivity index is 1.87. The molecule has 3 rings (SSSR count). The number of phenols is 1. The molecule has 6 nitrogen and oxygen atoms in total. The number of rotatable bonds is 3. The number of thiazole rings is 1. The third kappa shape index (κ3) is 3.24. The topological polar surface area (TPSA) is 101 Å². The van der Waals surface area contributed by atoms with Crippen LogP contribution in [0.1, 0.15) is 20.9 Å². The molecule has 0 aliphatic rings. The summed E-state index contributed by atoms with van der Waals surface area (Å²) in [5.74, 6) is -0.304. The number of amides is 1. The number of benzene rings is 2. The highest BCUT2D eigenvalue weighted by atomic mass is 79.9. The van der Waals surface area contributed by atoms with Crippen molar-refractivity contribution in [1.29, 1.82) is 0 Å². The molecule has 3 aromatic rings. The van der Waals surface area contributed by atoms with Crippen LogP contribution in [0.5, 0.6) is 5.75 Å². The SMILES string of the molecule is Cc1nc(N)sc1C(=O)N/N=C\c1c(O)ccc2cc(Br)ccc12. The van der Waals surface area contributed by atoms with Gasteiger partial charge in [-0.25, -0.2) is 10.4 Å². The lowest BCUT2D eigenvalue weighted by Crippen LogP contribution is -2.17. The van der Waals surface area contributed by atoms with Gasteiger partial charge in [-0.05, 0) is 35.9 Å². The van der Waals surface area contributed by atoms with E-state index in [0.717, 1.165) is 26.6 Å². The molecule has 1 amide bonds. The van der Waals surface area contributed by atoms with Crippen molar-refractivity contribution in [3.63, 3.8) is 0 Å². The minimum absolute atomic E-state index is 0.0843. The summed E-state index contributed by atoms with van der Waals surface area (Å²) >= 11 is 4.52. The van der Waals surface area contributed by atoms with Crippen molar-refractivity contribution in [3.8, 4) is 5.75 Å². The van der Waals surface area contributed by atoms with Crippen LogP contribution in [-0.4, -0.2) is 22.2 Å². The van der Waals surface area contributed by atoms with Gasteiger partial charge in [-0.15, -0.1) is 0 Å². The number of hydrazone groups is 1. The normalized spacial score (nSPS) is 11.2. The number of carbonyl (C=O) groups excluding carboxylic acids is 1. The van der Waals surface area contributed by atoms with Crippen molar-refractivity contribution in [2.45, 2.75) is 6.92 Å². The largest absolute Gasteiger partial charge is 0.507 e. The number of fused-ring (bicyclic) bond motifs is 1. The molecule has 0 bridgehead atoms. The number of phenolic OH excluding ortho intramolecular Hbond substituents is 1. The molecule has 0 unspecified atom stereocenters. The summed E-state index contributed by atoms with van der Waals surface area (Å²) in [6, 6.07) is 9.09. The van der Waals surface area contributed by atoms with Crippen molar-refractivity contribution in [1.82, 2.24) is 10.4 Å². The van der Waals surface area contributed by atoms with Gasteiger partial charge < -0.3 is 10.8 Å². The van der Waals surface area contributed by atoms with Crippen molar-refractivity contribution in [2.24, 2.45) is 5.10 Å². The molecule has 0 saturated carbocycles. The number of hydrogen-bond donors (Lipinski definition) is 3. The van der Waals surface area contributed by atoms with Crippen LogP contribution in [0.4, 0.5) is 5.13 Å². The van der Waals surface area contributed by atoms with Gasteiger partial charge in [0.05, 0.1) is 11.9 Å². The number of carbonyl (C=O) groups is 1. The zero-order chi connectivity index (χ0) is 17.3. The third-order valence-electron chi connectivity index (χ3n) is 3.38. The minimum atomic E-state index is -0.388. The number of nitrogens with one attached hydrogen (secondary N) is 1. The number of nitrogens with zero attached hydrogens (tertiary/aromatic N) is 2.